The maximum Gasteiger partial charge on any atom is 0.350 e. The van der Waals surface area contributed by atoms with Gasteiger partial charge in [-0.05, 0) is 45.1 Å². The SMILES string of the molecule is CCOC(=O)c1sc(N(Cc2ccccc2)C(=O)CN2C(=O)NC(C)(C3CC3)C2=O)nc1C. The number of rotatable bonds is 8. The van der Waals surface area contributed by atoms with Crippen LogP contribution in [0.4, 0.5) is 9.93 Å². The lowest BCUT2D eigenvalue weighted by molar-refractivity contribution is -0.134. The predicted molar refractivity (Wildman–Crippen MR) is 122 cm³/mol. The molecule has 1 atom stereocenters. The molecule has 4 amide bonds. The van der Waals surface area contributed by atoms with Gasteiger partial charge >= 0.3 is 12.0 Å². The third-order valence-corrected chi connectivity index (χ3v) is 7.11. The summed E-state index contributed by atoms with van der Waals surface area (Å²) in [5, 5.41) is 3.07. The van der Waals surface area contributed by atoms with Crippen LogP contribution in [0.1, 0.15) is 47.6 Å². The Bertz CT molecular complexity index is 1100. The van der Waals surface area contributed by atoms with Crippen molar-refractivity contribution in [2.24, 2.45) is 5.92 Å². The zero-order valence-electron chi connectivity index (χ0n) is 18.8. The lowest BCUT2D eigenvalue weighted by Gasteiger charge is -2.24. The van der Waals surface area contributed by atoms with Crippen LogP contribution in [0.15, 0.2) is 30.3 Å². The summed E-state index contributed by atoms with van der Waals surface area (Å²) in [7, 11) is 0. The number of aryl methyl sites for hydroxylation is 1. The van der Waals surface area contributed by atoms with Gasteiger partial charge in [0.1, 0.15) is 17.0 Å². The van der Waals surface area contributed by atoms with Gasteiger partial charge in [0.2, 0.25) is 5.91 Å². The third-order valence-electron chi connectivity index (χ3n) is 5.95. The van der Waals surface area contributed by atoms with Crippen LogP contribution in [0.25, 0.3) is 0 Å². The van der Waals surface area contributed by atoms with E-state index in [1.165, 1.54) is 4.90 Å². The predicted octanol–water partition coefficient (Wildman–Crippen LogP) is 2.88. The molecule has 1 aliphatic carbocycles. The highest BCUT2D eigenvalue weighted by molar-refractivity contribution is 7.17. The monoisotopic (exact) mass is 470 g/mol. The number of urea groups is 1. The second-order valence-electron chi connectivity index (χ2n) is 8.40. The van der Waals surface area contributed by atoms with Gasteiger partial charge in [-0.3, -0.25) is 19.4 Å². The van der Waals surface area contributed by atoms with Crippen LogP contribution >= 0.6 is 11.3 Å². The van der Waals surface area contributed by atoms with E-state index in [9.17, 15) is 19.2 Å². The number of ether oxygens (including phenoxy) is 1. The Morgan fingerprint density at radius 3 is 2.61 bits per heavy atom. The van der Waals surface area contributed by atoms with Crippen molar-refractivity contribution in [3.8, 4) is 0 Å². The van der Waals surface area contributed by atoms with E-state index in [0.29, 0.717) is 15.7 Å². The average Bonchev–Trinajstić information content (AvgIpc) is 3.54. The summed E-state index contributed by atoms with van der Waals surface area (Å²) >= 11 is 1.05. The zero-order valence-corrected chi connectivity index (χ0v) is 19.6. The van der Waals surface area contributed by atoms with Crippen LogP contribution in [-0.2, 0) is 20.9 Å². The lowest BCUT2D eigenvalue weighted by Crippen LogP contribution is -2.47. The Labute approximate surface area is 195 Å². The molecule has 1 saturated carbocycles. The number of benzene rings is 1. The first-order valence-corrected chi connectivity index (χ1v) is 11.7. The molecule has 174 valence electrons. The molecule has 1 unspecified atom stereocenters. The van der Waals surface area contributed by atoms with Crippen molar-refractivity contribution in [2.75, 3.05) is 18.1 Å². The number of esters is 1. The van der Waals surface area contributed by atoms with Crippen LogP contribution in [0.3, 0.4) is 0 Å². The number of hydrogen-bond acceptors (Lipinski definition) is 7. The molecule has 1 aromatic carbocycles. The highest BCUT2D eigenvalue weighted by atomic mass is 32.1. The smallest absolute Gasteiger partial charge is 0.350 e. The van der Waals surface area contributed by atoms with Crippen LogP contribution in [-0.4, -0.2) is 52.4 Å². The molecule has 10 heteroatoms. The van der Waals surface area contributed by atoms with Crippen molar-refractivity contribution in [1.29, 1.82) is 0 Å². The Balaban J connectivity index is 1.60. The molecule has 2 aromatic rings. The van der Waals surface area contributed by atoms with Crippen molar-refractivity contribution < 1.29 is 23.9 Å². The number of carbonyl (C=O) groups is 4. The topological polar surface area (TPSA) is 109 Å². The number of thiazole rings is 1. The molecule has 0 bridgehead atoms. The minimum atomic E-state index is -0.962. The van der Waals surface area contributed by atoms with E-state index in [-0.39, 0.29) is 25.0 Å². The first-order chi connectivity index (χ1) is 15.7. The summed E-state index contributed by atoms with van der Waals surface area (Å²) < 4.78 is 5.09. The van der Waals surface area contributed by atoms with Crippen LogP contribution in [0.2, 0.25) is 0 Å². The van der Waals surface area contributed by atoms with Gasteiger partial charge in [0.25, 0.3) is 5.91 Å². The van der Waals surface area contributed by atoms with Crippen molar-refractivity contribution in [3.05, 3.63) is 46.5 Å². The Kier molecular flexibility index (Phi) is 6.20. The maximum absolute atomic E-state index is 13.4. The molecule has 1 aromatic heterocycles. The number of hydrogen-bond donors (Lipinski definition) is 1. The fraction of sp³-hybridized carbons (Fsp3) is 0.435. The van der Waals surface area contributed by atoms with Crippen molar-refractivity contribution >= 4 is 40.3 Å². The number of carbonyl (C=O) groups excluding carboxylic acids is 4. The number of imide groups is 1. The Hall–Kier alpha value is -3.27. The largest absolute Gasteiger partial charge is 0.462 e. The van der Waals surface area contributed by atoms with Crippen LogP contribution in [0.5, 0.6) is 0 Å². The first kappa shape index (κ1) is 22.9. The third kappa shape index (κ3) is 4.47. The summed E-state index contributed by atoms with van der Waals surface area (Å²) in [5.74, 6) is -1.25. The molecule has 2 aliphatic rings. The van der Waals surface area contributed by atoms with E-state index in [2.05, 4.69) is 10.3 Å². The standard InChI is InChI=1S/C23H26N4O5S/c1-4-32-19(29)18-14(2)24-22(33-18)26(12-15-8-6-5-7-9-15)17(28)13-27-20(30)23(3,16-10-11-16)25-21(27)31/h5-9,16H,4,10-13H2,1-3H3,(H,25,31). The highest BCUT2D eigenvalue weighted by Gasteiger charge is 2.56. The van der Waals surface area contributed by atoms with Gasteiger partial charge in [-0.15, -0.1) is 0 Å². The Morgan fingerprint density at radius 1 is 1.27 bits per heavy atom. The zero-order chi connectivity index (χ0) is 23.8. The van der Waals surface area contributed by atoms with Gasteiger partial charge in [0.05, 0.1) is 18.8 Å². The van der Waals surface area contributed by atoms with Crippen LogP contribution in [0, 0.1) is 12.8 Å². The second-order valence-corrected chi connectivity index (χ2v) is 9.37. The van der Waals surface area contributed by atoms with Gasteiger partial charge in [-0.2, -0.15) is 0 Å². The molecule has 0 spiro atoms. The molecular formula is C23H26N4O5S. The quantitative estimate of drug-likeness (QED) is 0.469. The van der Waals surface area contributed by atoms with Crippen molar-refractivity contribution in [2.45, 2.75) is 45.7 Å². The molecule has 1 N–H and O–H groups in total. The van der Waals surface area contributed by atoms with E-state index in [1.54, 1.807) is 20.8 Å². The number of nitrogens with zero attached hydrogens (tertiary/aromatic N) is 3. The fourth-order valence-electron chi connectivity index (χ4n) is 3.93. The fourth-order valence-corrected chi connectivity index (χ4v) is 4.91. The van der Waals surface area contributed by atoms with Gasteiger partial charge in [0.15, 0.2) is 5.13 Å². The molecule has 1 aliphatic heterocycles. The van der Waals surface area contributed by atoms with Gasteiger partial charge < -0.3 is 10.1 Å². The van der Waals surface area contributed by atoms with Gasteiger partial charge in [0, 0.05) is 0 Å². The Morgan fingerprint density at radius 2 is 1.97 bits per heavy atom. The molecule has 2 heterocycles. The van der Waals surface area contributed by atoms with E-state index in [0.717, 1.165) is 34.6 Å². The average molecular weight is 471 g/mol. The highest BCUT2D eigenvalue weighted by Crippen LogP contribution is 2.42. The van der Waals surface area contributed by atoms with Crippen LogP contribution < -0.4 is 10.2 Å². The molecule has 0 radical (unpaired) electrons. The summed E-state index contributed by atoms with van der Waals surface area (Å²) in [4.78, 5) is 58.4. The number of aromatic nitrogens is 1. The molecule has 33 heavy (non-hydrogen) atoms. The van der Waals surface area contributed by atoms with E-state index in [4.69, 9.17) is 4.74 Å². The molecular weight excluding hydrogens is 444 g/mol. The molecule has 9 nitrogen and oxygen atoms in total. The summed E-state index contributed by atoms with van der Waals surface area (Å²) in [5.41, 5.74) is 0.336. The van der Waals surface area contributed by atoms with Crippen molar-refractivity contribution in [3.63, 3.8) is 0 Å². The molecule has 1 saturated heterocycles. The second kappa shape index (κ2) is 8.93. The summed E-state index contributed by atoms with van der Waals surface area (Å²) in [6, 6.07) is 8.75. The van der Waals surface area contributed by atoms with E-state index >= 15 is 0 Å². The summed E-state index contributed by atoms with van der Waals surface area (Å²) in [6.45, 7) is 5.10. The number of anilines is 1. The normalized spacial score (nSPS) is 20.0. The lowest BCUT2D eigenvalue weighted by atomic mass is 9.96. The minimum Gasteiger partial charge on any atom is -0.462 e. The summed E-state index contributed by atoms with van der Waals surface area (Å²) in [6.07, 6.45) is 1.75. The van der Waals surface area contributed by atoms with Gasteiger partial charge in [-0.25, -0.2) is 14.6 Å². The number of amides is 4. The van der Waals surface area contributed by atoms with E-state index < -0.39 is 30.0 Å². The minimum absolute atomic E-state index is 0.100. The van der Waals surface area contributed by atoms with Crippen molar-refractivity contribution in [1.82, 2.24) is 15.2 Å². The maximum atomic E-state index is 13.4. The van der Waals surface area contributed by atoms with E-state index in [1.807, 2.05) is 30.3 Å². The number of nitrogens with one attached hydrogen (secondary N) is 1. The molecule has 2 fully saturated rings. The molecule has 4 rings (SSSR count). The first-order valence-electron chi connectivity index (χ1n) is 10.9. The van der Waals surface area contributed by atoms with Gasteiger partial charge in [-0.1, -0.05) is 41.7 Å².